The van der Waals surface area contributed by atoms with Gasteiger partial charge >= 0.3 is 0 Å². The maximum atomic E-state index is 12.0. The first-order chi connectivity index (χ1) is 8.97. The number of thiazole rings is 1. The van der Waals surface area contributed by atoms with Crippen LogP contribution in [0, 0.1) is 13.8 Å². The summed E-state index contributed by atoms with van der Waals surface area (Å²) in [6.45, 7) is 5.76. The molecule has 2 rings (SSSR count). The van der Waals surface area contributed by atoms with Crippen LogP contribution in [0.25, 0.3) is 0 Å². The number of carbonyl (C=O) groups excluding carboxylic acids is 1. The van der Waals surface area contributed by atoms with Crippen LogP contribution >= 0.6 is 11.3 Å². The molecule has 0 saturated carbocycles. The number of H-pyrrole nitrogens is 1. The summed E-state index contributed by atoms with van der Waals surface area (Å²) in [7, 11) is 0. The van der Waals surface area contributed by atoms with Crippen molar-refractivity contribution in [3.63, 3.8) is 0 Å². The molecule has 0 fully saturated rings. The Bertz CT molecular complexity index is 660. The van der Waals surface area contributed by atoms with Gasteiger partial charge in [0.15, 0.2) is 0 Å². The van der Waals surface area contributed by atoms with Crippen molar-refractivity contribution < 1.29 is 4.79 Å². The van der Waals surface area contributed by atoms with Gasteiger partial charge in [-0.15, -0.1) is 11.3 Å². The minimum atomic E-state index is -0.296. The van der Waals surface area contributed by atoms with Crippen LogP contribution in [0.2, 0.25) is 0 Å². The number of aryl methyl sites for hydroxylation is 2. The molecule has 0 aliphatic heterocycles. The van der Waals surface area contributed by atoms with Crippen LogP contribution in [0.15, 0.2) is 23.0 Å². The molecule has 2 N–H and O–H groups in total. The molecule has 2 heterocycles. The highest BCUT2D eigenvalue weighted by atomic mass is 32.1. The van der Waals surface area contributed by atoms with E-state index >= 15 is 0 Å². The molecule has 0 aliphatic rings. The van der Waals surface area contributed by atoms with Crippen molar-refractivity contribution in [1.82, 2.24) is 15.3 Å². The molecule has 1 atom stereocenters. The average Bonchev–Trinajstić information content (AvgIpc) is 2.68. The van der Waals surface area contributed by atoms with Gasteiger partial charge in [0.1, 0.15) is 5.69 Å². The molecule has 1 unspecified atom stereocenters. The monoisotopic (exact) mass is 277 g/mol. The smallest absolute Gasteiger partial charge is 0.268 e. The van der Waals surface area contributed by atoms with Crippen LogP contribution in [0.3, 0.4) is 0 Å². The maximum absolute atomic E-state index is 12.0. The van der Waals surface area contributed by atoms with E-state index in [-0.39, 0.29) is 23.2 Å². The topological polar surface area (TPSA) is 74.8 Å². The number of amides is 1. The summed E-state index contributed by atoms with van der Waals surface area (Å²) in [6, 6.07) is 4.37. The number of aromatic nitrogens is 2. The van der Waals surface area contributed by atoms with Gasteiger partial charge in [0.2, 0.25) is 5.56 Å². The van der Waals surface area contributed by atoms with Gasteiger partial charge in [-0.25, -0.2) is 4.98 Å². The number of pyridine rings is 1. The van der Waals surface area contributed by atoms with Crippen molar-refractivity contribution in [3.05, 3.63) is 49.8 Å². The zero-order valence-corrected chi connectivity index (χ0v) is 11.8. The second-order valence-electron chi connectivity index (χ2n) is 4.31. The fourth-order valence-electron chi connectivity index (χ4n) is 1.87. The molecule has 5 nitrogen and oxygen atoms in total. The van der Waals surface area contributed by atoms with Crippen molar-refractivity contribution in [2.75, 3.05) is 0 Å². The van der Waals surface area contributed by atoms with Crippen LogP contribution in [-0.2, 0) is 0 Å². The number of carbonyl (C=O) groups is 1. The number of nitrogens with zero attached hydrogens (tertiary/aromatic N) is 1. The van der Waals surface area contributed by atoms with Gasteiger partial charge in [0, 0.05) is 10.9 Å². The molecule has 19 heavy (non-hydrogen) atoms. The largest absolute Gasteiger partial charge is 0.343 e. The fourth-order valence-corrected chi connectivity index (χ4v) is 2.80. The molecule has 0 spiro atoms. The van der Waals surface area contributed by atoms with Crippen molar-refractivity contribution >= 4 is 17.2 Å². The Kier molecular flexibility index (Phi) is 3.80. The van der Waals surface area contributed by atoms with Gasteiger partial charge in [0.05, 0.1) is 16.7 Å². The molecule has 0 aliphatic carbocycles. The van der Waals surface area contributed by atoms with Crippen LogP contribution < -0.4 is 10.9 Å². The first kappa shape index (κ1) is 13.5. The Morgan fingerprint density at radius 2 is 2.16 bits per heavy atom. The van der Waals surface area contributed by atoms with Gasteiger partial charge in [0.25, 0.3) is 5.91 Å². The Hall–Kier alpha value is -1.95. The summed E-state index contributed by atoms with van der Waals surface area (Å²) in [5.74, 6) is -0.296. The van der Waals surface area contributed by atoms with E-state index in [1.54, 1.807) is 23.5 Å². The zero-order valence-electron chi connectivity index (χ0n) is 11.0. The molecule has 0 bridgehead atoms. The third-order valence-electron chi connectivity index (χ3n) is 2.69. The lowest BCUT2D eigenvalue weighted by molar-refractivity contribution is 0.0935. The highest BCUT2D eigenvalue weighted by Crippen LogP contribution is 2.24. The van der Waals surface area contributed by atoms with Gasteiger partial charge < -0.3 is 10.3 Å². The summed E-state index contributed by atoms with van der Waals surface area (Å²) in [6.07, 6.45) is 0. The SMILES string of the molecule is Cc1nc(C)c(C(C)NC(=O)c2cccc(=O)[nH]2)s1. The van der Waals surface area contributed by atoms with Gasteiger partial charge in [-0.1, -0.05) is 6.07 Å². The maximum Gasteiger partial charge on any atom is 0.268 e. The normalized spacial score (nSPS) is 12.2. The number of aromatic amines is 1. The first-order valence-electron chi connectivity index (χ1n) is 5.91. The second-order valence-corrected chi connectivity index (χ2v) is 5.54. The van der Waals surface area contributed by atoms with Crippen LogP contribution in [0.4, 0.5) is 0 Å². The molecule has 100 valence electrons. The van der Waals surface area contributed by atoms with Crippen molar-refractivity contribution in [3.8, 4) is 0 Å². The minimum absolute atomic E-state index is 0.137. The van der Waals surface area contributed by atoms with E-state index in [0.29, 0.717) is 0 Å². The highest BCUT2D eigenvalue weighted by Gasteiger charge is 2.16. The van der Waals surface area contributed by atoms with E-state index < -0.39 is 0 Å². The Balaban J connectivity index is 2.15. The van der Waals surface area contributed by atoms with Crippen LogP contribution in [0.1, 0.15) is 39.0 Å². The molecule has 2 aromatic rings. The molecule has 0 saturated heterocycles. The summed E-state index contributed by atoms with van der Waals surface area (Å²) >= 11 is 1.57. The predicted molar refractivity (Wildman–Crippen MR) is 74.5 cm³/mol. The minimum Gasteiger partial charge on any atom is -0.343 e. The molecule has 1 amide bonds. The Morgan fingerprint density at radius 1 is 1.42 bits per heavy atom. The fraction of sp³-hybridized carbons (Fsp3) is 0.308. The highest BCUT2D eigenvalue weighted by molar-refractivity contribution is 7.11. The number of rotatable bonds is 3. The lowest BCUT2D eigenvalue weighted by Crippen LogP contribution is -2.28. The summed E-state index contributed by atoms with van der Waals surface area (Å²) in [4.78, 5) is 31.0. The Morgan fingerprint density at radius 3 is 2.74 bits per heavy atom. The molecule has 0 aromatic carbocycles. The van der Waals surface area contributed by atoms with Crippen molar-refractivity contribution in [1.29, 1.82) is 0 Å². The van der Waals surface area contributed by atoms with Gasteiger partial charge in [-0.05, 0) is 26.8 Å². The van der Waals surface area contributed by atoms with E-state index in [0.717, 1.165) is 15.6 Å². The molecular formula is C13H15N3O2S. The van der Waals surface area contributed by atoms with E-state index in [1.165, 1.54) is 6.07 Å². The van der Waals surface area contributed by atoms with Crippen LogP contribution in [-0.4, -0.2) is 15.9 Å². The first-order valence-corrected chi connectivity index (χ1v) is 6.73. The van der Waals surface area contributed by atoms with E-state index in [1.807, 2.05) is 20.8 Å². The van der Waals surface area contributed by atoms with E-state index in [2.05, 4.69) is 15.3 Å². The molecule has 0 radical (unpaired) electrons. The Labute approximate surface area is 114 Å². The van der Waals surface area contributed by atoms with Crippen LogP contribution in [0.5, 0.6) is 0 Å². The number of nitrogens with one attached hydrogen (secondary N) is 2. The third kappa shape index (κ3) is 3.08. The van der Waals surface area contributed by atoms with E-state index in [9.17, 15) is 9.59 Å². The quantitative estimate of drug-likeness (QED) is 0.900. The van der Waals surface area contributed by atoms with E-state index in [4.69, 9.17) is 0 Å². The predicted octanol–water partition coefficient (Wildman–Crippen LogP) is 1.94. The summed E-state index contributed by atoms with van der Waals surface area (Å²) < 4.78 is 0. The molecule has 2 aromatic heterocycles. The lowest BCUT2D eigenvalue weighted by atomic mass is 10.2. The summed E-state index contributed by atoms with van der Waals surface area (Å²) in [5, 5.41) is 3.83. The number of hydrogen-bond acceptors (Lipinski definition) is 4. The van der Waals surface area contributed by atoms with Crippen molar-refractivity contribution in [2.24, 2.45) is 0 Å². The molecule has 6 heteroatoms. The van der Waals surface area contributed by atoms with Gasteiger partial charge in [-0.2, -0.15) is 0 Å². The zero-order chi connectivity index (χ0) is 14.0. The lowest BCUT2D eigenvalue weighted by Gasteiger charge is -2.12. The van der Waals surface area contributed by atoms with Crippen molar-refractivity contribution in [2.45, 2.75) is 26.8 Å². The average molecular weight is 277 g/mol. The second kappa shape index (κ2) is 5.36. The third-order valence-corrected chi connectivity index (χ3v) is 3.95. The number of hydrogen-bond donors (Lipinski definition) is 2. The standard InChI is InChI=1S/C13H15N3O2S/c1-7-12(19-9(3)14-7)8(2)15-13(18)10-5-4-6-11(17)16-10/h4-6,8H,1-3H3,(H,15,18)(H,16,17). The van der Waals surface area contributed by atoms with Gasteiger partial charge in [-0.3, -0.25) is 9.59 Å². The molecular weight excluding hydrogens is 262 g/mol. The summed E-state index contributed by atoms with van der Waals surface area (Å²) in [5.41, 5.74) is 0.903.